The van der Waals surface area contributed by atoms with Gasteiger partial charge in [0.1, 0.15) is 16.7 Å². The van der Waals surface area contributed by atoms with E-state index in [9.17, 15) is 13.8 Å². The first-order chi connectivity index (χ1) is 23.1. The van der Waals surface area contributed by atoms with E-state index in [2.05, 4.69) is 51.3 Å². The van der Waals surface area contributed by atoms with Gasteiger partial charge in [-0.25, -0.2) is 4.21 Å². The van der Waals surface area contributed by atoms with Gasteiger partial charge < -0.3 is 19.1 Å². The molecule has 7 rings (SSSR count). The SMILES string of the molecule is CCCS(=O)NC(=O)c1ccc2c(C3CCCCC3)c3n(c2c1)CC(C)(C(=O)N1CCCC2(CCN(C)C2)C1)Cc1cc(OC)ccc1-3. The Balaban J connectivity index is 1.38. The van der Waals surface area contributed by atoms with Crippen LogP contribution >= 0.6 is 0 Å². The van der Waals surface area contributed by atoms with Crippen molar-refractivity contribution < 1.29 is 18.5 Å². The molecule has 0 bridgehead atoms. The third-order valence-corrected chi connectivity index (χ3v) is 12.9. The van der Waals surface area contributed by atoms with Gasteiger partial charge in [-0.1, -0.05) is 32.3 Å². The summed E-state index contributed by atoms with van der Waals surface area (Å²) in [5, 5.41) is 1.16. The first-order valence-electron chi connectivity index (χ1n) is 18.1. The topological polar surface area (TPSA) is 83.9 Å². The van der Waals surface area contributed by atoms with Crippen LogP contribution < -0.4 is 9.46 Å². The molecule has 2 amide bonds. The zero-order chi connectivity index (χ0) is 33.6. The van der Waals surface area contributed by atoms with E-state index in [1.165, 1.54) is 36.9 Å². The van der Waals surface area contributed by atoms with Gasteiger partial charge in [0, 0.05) is 59.4 Å². The lowest BCUT2D eigenvalue weighted by Gasteiger charge is -2.44. The summed E-state index contributed by atoms with van der Waals surface area (Å²) in [5.74, 6) is 1.54. The van der Waals surface area contributed by atoms with E-state index in [1.54, 1.807) is 7.11 Å². The Bertz CT molecular complexity index is 1740. The van der Waals surface area contributed by atoms with Crippen molar-refractivity contribution in [1.29, 1.82) is 0 Å². The number of methoxy groups -OCH3 is 1. The molecule has 3 unspecified atom stereocenters. The summed E-state index contributed by atoms with van der Waals surface area (Å²) >= 11 is 0. The molecular weight excluding hydrogens is 621 g/mol. The van der Waals surface area contributed by atoms with Gasteiger partial charge in [0.15, 0.2) is 0 Å². The highest BCUT2D eigenvalue weighted by molar-refractivity contribution is 7.83. The fraction of sp³-hybridized carbons (Fsp3) is 0.590. The van der Waals surface area contributed by atoms with E-state index in [1.807, 2.05) is 25.1 Å². The highest BCUT2D eigenvalue weighted by Crippen LogP contribution is 2.50. The standard InChI is InChI=1S/C39H52N4O4S/c1-5-20-48(46)40-36(44)28-12-14-32-33(22-28)43-24-38(2,37(45)42-18-9-16-39(26-42)17-19-41(3)25-39)23-29-21-30(47-4)13-15-31(29)35(43)34(32)27-10-7-6-8-11-27/h12-15,21-22,27H,5-11,16-20,23-26H2,1-4H3,(H,40,44). The highest BCUT2D eigenvalue weighted by atomic mass is 32.2. The third kappa shape index (κ3) is 6.10. The summed E-state index contributed by atoms with van der Waals surface area (Å²) in [6, 6.07) is 12.3. The second-order valence-corrected chi connectivity index (χ2v) is 16.8. The molecule has 8 nitrogen and oxygen atoms in total. The zero-order valence-corrected chi connectivity index (χ0v) is 30.1. The van der Waals surface area contributed by atoms with E-state index in [4.69, 9.17) is 4.74 Å². The van der Waals surface area contributed by atoms with E-state index in [0.29, 0.717) is 30.2 Å². The second-order valence-electron chi connectivity index (χ2n) is 15.5. The van der Waals surface area contributed by atoms with Crippen LogP contribution in [0.15, 0.2) is 36.4 Å². The normalized spacial score (nSPS) is 25.5. The molecule has 3 fully saturated rings. The number of fused-ring (bicyclic) bond motifs is 5. The van der Waals surface area contributed by atoms with Crippen LogP contribution in [-0.2, 0) is 28.7 Å². The quantitative estimate of drug-likeness (QED) is 0.303. The number of nitrogens with zero attached hydrogens (tertiary/aromatic N) is 3. The number of hydrogen-bond acceptors (Lipinski definition) is 5. The van der Waals surface area contributed by atoms with Crippen LogP contribution in [0.4, 0.5) is 0 Å². The molecule has 2 aromatic carbocycles. The molecule has 3 aliphatic heterocycles. The number of piperidine rings is 1. The van der Waals surface area contributed by atoms with Crippen LogP contribution in [0.1, 0.15) is 99.0 Å². The maximum absolute atomic E-state index is 15.0. The highest BCUT2D eigenvalue weighted by Gasteiger charge is 2.47. The minimum absolute atomic E-state index is 0.185. The summed E-state index contributed by atoms with van der Waals surface area (Å²) in [6.07, 6.45) is 10.7. The van der Waals surface area contributed by atoms with E-state index in [-0.39, 0.29) is 17.2 Å². The van der Waals surface area contributed by atoms with Crippen molar-refractivity contribution in [1.82, 2.24) is 19.1 Å². The number of aromatic nitrogens is 1. The number of nitrogens with one attached hydrogen (secondary N) is 1. The summed E-state index contributed by atoms with van der Waals surface area (Å²) < 4.78 is 23.3. The van der Waals surface area contributed by atoms with Crippen LogP contribution in [0.25, 0.3) is 22.2 Å². The van der Waals surface area contributed by atoms with E-state index in [0.717, 1.165) is 86.1 Å². The number of carbonyl (C=O) groups excluding carboxylic acids is 2. The molecule has 3 aromatic rings. The predicted molar refractivity (Wildman–Crippen MR) is 193 cm³/mol. The first kappa shape index (κ1) is 33.3. The van der Waals surface area contributed by atoms with Crippen molar-refractivity contribution in [3.8, 4) is 17.0 Å². The fourth-order valence-electron chi connectivity index (χ4n) is 9.47. The van der Waals surface area contributed by atoms with Gasteiger partial charge in [-0.05, 0) is 113 Å². The van der Waals surface area contributed by atoms with Gasteiger partial charge in [0.2, 0.25) is 5.91 Å². The Hall–Kier alpha value is -3.17. The molecule has 1 aromatic heterocycles. The molecule has 1 saturated carbocycles. The third-order valence-electron chi connectivity index (χ3n) is 11.7. The summed E-state index contributed by atoms with van der Waals surface area (Å²) in [4.78, 5) is 33.0. The average molecular weight is 673 g/mol. The van der Waals surface area contributed by atoms with Gasteiger partial charge in [-0.15, -0.1) is 0 Å². The van der Waals surface area contributed by atoms with Gasteiger partial charge in [-0.2, -0.15) is 0 Å². The number of rotatable bonds is 7. The number of carbonyl (C=O) groups is 2. The van der Waals surface area contributed by atoms with Crippen LogP contribution in [0, 0.1) is 10.8 Å². The lowest BCUT2D eigenvalue weighted by molar-refractivity contribution is -0.145. The van der Waals surface area contributed by atoms with Gasteiger partial charge in [-0.3, -0.25) is 14.3 Å². The van der Waals surface area contributed by atoms with Gasteiger partial charge in [0.05, 0.1) is 18.2 Å². The lowest BCUT2D eigenvalue weighted by atomic mass is 9.76. The van der Waals surface area contributed by atoms with Crippen molar-refractivity contribution in [2.75, 3.05) is 46.1 Å². The Morgan fingerprint density at radius 2 is 1.81 bits per heavy atom. The Morgan fingerprint density at radius 1 is 1.00 bits per heavy atom. The number of likely N-dealkylation sites (tertiary alicyclic amines) is 2. The van der Waals surface area contributed by atoms with Gasteiger partial charge in [0.25, 0.3) is 5.91 Å². The largest absolute Gasteiger partial charge is 0.497 e. The molecule has 258 valence electrons. The second kappa shape index (κ2) is 13.3. The Kier molecular flexibility index (Phi) is 9.22. The van der Waals surface area contributed by atoms with Crippen molar-refractivity contribution in [2.24, 2.45) is 10.8 Å². The molecular formula is C39H52N4O4S. The Morgan fingerprint density at radius 3 is 2.54 bits per heavy atom. The number of hydrogen-bond donors (Lipinski definition) is 1. The monoisotopic (exact) mass is 672 g/mol. The summed E-state index contributed by atoms with van der Waals surface area (Å²) in [5.41, 5.74) is 5.80. The number of benzene rings is 2. The smallest absolute Gasteiger partial charge is 0.263 e. The number of ether oxygens (including phenoxy) is 1. The summed E-state index contributed by atoms with van der Waals surface area (Å²) in [7, 11) is 2.49. The molecule has 0 radical (unpaired) electrons. The molecule has 1 N–H and O–H groups in total. The lowest BCUT2D eigenvalue weighted by Crippen LogP contribution is -2.53. The molecule has 4 heterocycles. The molecule has 1 spiro atoms. The minimum Gasteiger partial charge on any atom is -0.497 e. The average Bonchev–Trinajstić information content (AvgIpc) is 3.55. The van der Waals surface area contributed by atoms with Crippen LogP contribution in [0.2, 0.25) is 0 Å². The van der Waals surface area contributed by atoms with Crippen molar-refractivity contribution in [3.63, 3.8) is 0 Å². The fourth-order valence-corrected chi connectivity index (χ4v) is 10.3. The Labute approximate surface area is 288 Å². The molecule has 48 heavy (non-hydrogen) atoms. The van der Waals surface area contributed by atoms with E-state index < -0.39 is 16.4 Å². The molecule has 3 atom stereocenters. The van der Waals surface area contributed by atoms with Gasteiger partial charge >= 0.3 is 0 Å². The van der Waals surface area contributed by atoms with Crippen molar-refractivity contribution in [2.45, 2.75) is 90.5 Å². The van der Waals surface area contributed by atoms with Crippen LogP contribution in [0.3, 0.4) is 0 Å². The minimum atomic E-state index is -1.42. The van der Waals surface area contributed by atoms with Crippen molar-refractivity contribution >= 4 is 33.7 Å². The van der Waals surface area contributed by atoms with E-state index >= 15 is 0 Å². The van der Waals surface area contributed by atoms with Crippen LogP contribution in [-0.4, -0.2) is 76.5 Å². The number of amides is 2. The molecule has 9 heteroatoms. The first-order valence-corrected chi connectivity index (χ1v) is 19.5. The zero-order valence-electron chi connectivity index (χ0n) is 29.2. The predicted octanol–water partition coefficient (Wildman–Crippen LogP) is 6.67. The molecule has 4 aliphatic rings. The van der Waals surface area contributed by atoms with Crippen LogP contribution in [0.5, 0.6) is 5.75 Å². The maximum Gasteiger partial charge on any atom is 0.263 e. The molecule has 2 saturated heterocycles. The maximum atomic E-state index is 15.0. The summed E-state index contributed by atoms with van der Waals surface area (Å²) in [6.45, 7) is 8.42. The van der Waals surface area contributed by atoms with Crippen molar-refractivity contribution in [3.05, 3.63) is 53.1 Å². The molecule has 1 aliphatic carbocycles.